The summed E-state index contributed by atoms with van der Waals surface area (Å²) in [6.07, 6.45) is 35.2. The summed E-state index contributed by atoms with van der Waals surface area (Å²) < 4.78 is 0. The Bertz CT molecular complexity index is 3140. The van der Waals surface area contributed by atoms with Gasteiger partial charge in [0.25, 0.3) is 0 Å². The van der Waals surface area contributed by atoms with Crippen LogP contribution >= 0.6 is 79.4 Å². The van der Waals surface area contributed by atoms with Gasteiger partial charge in [0.05, 0.1) is 19.5 Å². The lowest BCUT2D eigenvalue weighted by Gasteiger charge is -2.08. The fourth-order valence-corrected chi connectivity index (χ4v) is 19.7. The van der Waals surface area contributed by atoms with Crippen molar-refractivity contribution in [2.45, 2.75) is 262 Å². The van der Waals surface area contributed by atoms with E-state index in [4.69, 9.17) is 0 Å². The van der Waals surface area contributed by atoms with Crippen molar-refractivity contribution < 1.29 is 0 Å². The Morgan fingerprint density at radius 3 is 0.795 bits per heavy atom. The van der Waals surface area contributed by atoms with E-state index >= 15 is 0 Å². The van der Waals surface area contributed by atoms with Gasteiger partial charge in [-0.25, -0.2) is 0 Å². The van der Waals surface area contributed by atoms with Gasteiger partial charge in [0.1, 0.15) is 0 Å². The van der Waals surface area contributed by atoms with Crippen molar-refractivity contribution in [3.05, 3.63) is 110 Å². The SMILES string of the molecule is CCCCc1csc(C#CC#Cc2sc(-c3ccc(-c4sc(-c5ccc(-c6sc(C#CC#Cc7scc(CCCC)c7CCCC)c(CCCC)c6CCCC)s5)c(CCCC)c4CCCC)s3)c(CCCC)c2CCCC)c1CCCC. The fourth-order valence-electron chi connectivity index (χ4n) is 11.2. The second-order valence-electron chi connectivity index (χ2n) is 22.7. The van der Waals surface area contributed by atoms with Crippen LogP contribution in [0.1, 0.15) is 273 Å². The predicted molar refractivity (Wildman–Crippen MR) is 380 cm³/mol. The number of thiophene rings is 7. The molecule has 7 aromatic heterocycles. The molecule has 0 amide bonds. The molecule has 0 aliphatic rings. The lowest BCUT2D eigenvalue weighted by molar-refractivity contribution is 0.761. The fraction of sp³-hybridized carbons (Fsp3) is 0.526. The molecule has 0 radical (unpaired) electrons. The van der Waals surface area contributed by atoms with E-state index in [9.17, 15) is 0 Å². The summed E-state index contributed by atoms with van der Waals surface area (Å²) in [6.45, 7) is 23.2. The summed E-state index contributed by atoms with van der Waals surface area (Å²) in [5.74, 6) is 28.1. The number of aryl methyl sites for hydroxylation is 2. The van der Waals surface area contributed by atoms with Gasteiger partial charge in [-0.15, -0.1) is 79.4 Å². The van der Waals surface area contributed by atoms with E-state index in [-0.39, 0.29) is 0 Å². The quantitative estimate of drug-likeness (QED) is 0.0353. The molecular weight excluding hydrogens is 1140 g/mol. The normalized spacial score (nSPS) is 11.1. The molecule has 0 unspecified atom stereocenters. The summed E-state index contributed by atoms with van der Waals surface area (Å²) in [4.78, 5) is 16.5. The molecule has 7 heteroatoms. The molecule has 0 atom stereocenters. The molecule has 0 saturated carbocycles. The molecule has 0 saturated heterocycles. The highest BCUT2D eigenvalue weighted by molar-refractivity contribution is 7.30. The average Bonchev–Trinajstić information content (AvgIpc) is 4.48. The summed E-state index contributed by atoms with van der Waals surface area (Å²) in [6, 6.07) is 9.86. The highest BCUT2D eigenvalue weighted by Gasteiger charge is 2.26. The minimum absolute atomic E-state index is 1.08. The molecule has 0 nitrogen and oxygen atoms in total. The van der Waals surface area contributed by atoms with Crippen LogP contribution in [0.3, 0.4) is 0 Å². The smallest absolute Gasteiger partial charge is 0.0820 e. The van der Waals surface area contributed by atoms with Gasteiger partial charge in [-0.2, -0.15) is 0 Å². The van der Waals surface area contributed by atoms with E-state index in [1.165, 1.54) is 220 Å². The van der Waals surface area contributed by atoms with Gasteiger partial charge < -0.3 is 0 Å². The Morgan fingerprint density at radius 2 is 0.494 bits per heavy atom. The van der Waals surface area contributed by atoms with E-state index in [1.807, 2.05) is 68.0 Å². The number of unbranched alkanes of at least 4 members (excludes halogenated alkanes) is 10. The van der Waals surface area contributed by atoms with Gasteiger partial charge >= 0.3 is 0 Å². The Balaban J connectivity index is 1.28. The Morgan fingerprint density at radius 1 is 0.253 bits per heavy atom. The van der Waals surface area contributed by atoms with Gasteiger partial charge in [-0.05, 0) is 266 Å². The first-order chi connectivity index (χ1) is 40.8. The lowest BCUT2D eigenvalue weighted by atomic mass is 9.97. The minimum atomic E-state index is 1.08. The zero-order valence-electron chi connectivity index (χ0n) is 52.5. The predicted octanol–water partition coefficient (Wildman–Crippen LogP) is 25.0. The Hall–Kier alpha value is -3.86. The third-order valence-electron chi connectivity index (χ3n) is 16.1. The van der Waals surface area contributed by atoms with Crippen molar-refractivity contribution in [2.24, 2.45) is 0 Å². The Kier molecular flexibility index (Phi) is 29.2. The molecule has 7 rings (SSSR count). The van der Waals surface area contributed by atoms with E-state index in [2.05, 4.69) is 163 Å². The van der Waals surface area contributed by atoms with Gasteiger partial charge in [-0.1, -0.05) is 133 Å². The maximum atomic E-state index is 3.69. The minimum Gasteiger partial charge on any atom is -0.135 e. The van der Waals surface area contributed by atoms with Gasteiger partial charge in [0, 0.05) is 39.0 Å². The van der Waals surface area contributed by atoms with Crippen LogP contribution in [-0.2, 0) is 64.2 Å². The monoisotopic (exact) mass is 1230 g/mol. The first-order valence-corrected chi connectivity index (χ1v) is 38.5. The zero-order chi connectivity index (χ0) is 58.8. The van der Waals surface area contributed by atoms with Crippen LogP contribution in [0.4, 0.5) is 0 Å². The highest BCUT2D eigenvalue weighted by Crippen LogP contribution is 2.52. The summed E-state index contributed by atoms with van der Waals surface area (Å²) in [5, 5.41) is 4.74. The first kappa shape index (κ1) is 66.7. The molecule has 0 aliphatic heterocycles. The Labute approximate surface area is 533 Å². The lowest BCUT2D eigenvalue weighted by Crippen LogP contribution is -1.94. The van der Waals surface area contributed by atoms with Gasteiger partial charge in [-0.3, -0.25) is 0 Å². The third kappa shape index (κ3) is 18.1. The molecule has 0 aliphatic carbocycles. The largest absolute Gasteiger partial charge is 0.135 e. The van der Waals surface area contributed by atoms with Crippen molar-refractivity contribution in [2.75, 3.05) is 0 Å². The molecule has 7 heterocycles. The van der Waals surface area contributed by atoms with Crippen molar-refractivity contribution in [1.82, 2.24) is 0 Å². The molecule has 0 aromatic carbocycles. The topological polar surface area (TPSA) is 0 Å². The van der Waals surface area contributed by atoms with E-state index < -0.39 is 0 Å². The first-order valence-electron chi connectivity index (χ1n) is 32.7. The number of hydrogen-bond acceptors (Lipinski definition) is 7. The van der Waals surface area contributed by atoms with Crippen molar-refractivity contribution in [3.8, 4) is 86.4 Å². The molecular formula is C76H96S7. The van der Waals surface area contributed by atoms with E-state index in [0.29, 0.717) is 0 Å². The van der Waals surface area contributed by atoms with Crippen LogP contribution in [0.5, 0.6) is 0 Å². The zero-order valence-corrected chi connectivity index (χ0v) is 58.3. The van der Waals surface area contributed by atoms with Crippen LogP contribution in [0.2, 0.25) is 0 Å². The van der Waals surface area contributed by atoms with E-state index in [0.717, 1.165) is 64.2 Å². The average molecular weight is 1230 g/mol. The van der Waals surface area contributed by atoms with Crippen molar-refractivity contribution >= 4 is 79.4 Å². The summed E-state index contributed by atoms with van der Waals surface area (Å²) in [5.41, 5.74) is 15.3. The third-order valence-corrected chi connectivity index (χ3v) is 24.6. The second kappa shape index (κ2) is 36.3. The molecule has 0 bridgehead atoms. The highest BCUT2D eigenvalue weighted by atomic mass is 32.1. The van der Waals surface area contributed by atoms with Crippen molar-refractivity contribution in [1.29, 1.82) is 0 Å². The number of hydrogen-bond donors (Lipinski definition) is 0. The van der Waals surface area contributed by atoms with E-state index in [1.54, 1.807) is 22.3 Å². The van der Waals surface area contributed by atoms with Gasteiger partial charge in [0.2, 0.25) is 0 Å². The van der Waals surface area contributed by atoms with Crippen LogP contribution in [0.15, 0.2) is 35.0 Å². The molecule has 0 N–H and O–H groups in total. The maximum Gasteiger partial charge on any atom is 0.0820 e. The molecule has 0 fully saturated rings. The van der Waals surface area contributed by atoms with Crippen LogP contribution in [-0.4, -0.2) is 0 Å². The van der Waals surface area contributed by atoms with Crippen molar-refractivity contribution in [3.63, 3.8) is 0 Å². The molecule has 83 heavy (non-hydrogen) atoms. The van der Waals surface area contributed by atoms with Crippen LogP contribution in [0, 0.1) is 47.4 Å². The van der Waals surface area contributed by atoms with Crippen LogP contribution < -0.4 is 0 Å². The second-order valence-corrected chi connectivity index (χ2v) is 29.6. The molecule has 442 valence electrons. The maximum absolute atomic E-state index is 3.69. The standard InChI is InChI=1S/C76H96S7/c1-11-21-35-55-53-77-65(57(55)37-23-13-3)45-31-33-47-67-59(39-25-15-5)61(41-27-17-7)73(81-67)69-49-51-71(79-69)75-63(43-29-19-9)64(44-30-20-10)76(83-75)72-52-50-70(80-72)74-62(42-28-18-8)60(40-26-16-6)68(82-74)48-34-32-46-66-58(38-24-14-4)56(54-78-66)36-22-12-2/h49-54H,11-30,35-44H2,1-10H3. The molecule has 0 spiro atoms. The summed E-state index contributed by atoms with van der Waals surface area (Å²) in [7, 11) is 0. The summed E-state index contributed by atoms with van der Waals surface area (Å²) >= 11 is 13.7. The molecule has 7 aromatic rings. The number of rotatable bonds is 34. The van der Waals surface area contributed by atoms with Crippen LogP contribution in [0.25, 0.3) is 39.0 Å². The van der Waals surface area contributed by atoms with Gasteiger partial charge in [0.15, 0.2) is 0 Å².